The van der Waals surface area contributed by atoms with Crippen LogP contribution in [0.5, 0.6) is 5.75 Å². The van der Waals surface area contributed by atoms with E-state index in [1.165, 1.54) is 6.92 Å². The monoisotopic (exact) mass is 432 g/mol. The van der Waals surface area contributed by atoms with Crippen LogP contribution < -0.4 is 15.4 Å². The van der Waals surface area contributed by atoms with Crippen molar-refractivity contribution in [2.24, 2.45) is 5.73 Å². The number of ether oxygens (including phenoxy) is 1. The zero-order valence-electron chi connectivity index (χ0n) is 19.4. The van der Waals surface area contributed by atoms with Crippen LogP contribution in [0.4, 0.5) is 5.82 Å². The number of aryl methyl sites for hydroxylation is 1. The molecule has 3 aromatic rings. The van der Waals surface area contributed by atoms with Crippen LogP contribution in [0.1, 0.15) is 48.9 Å². The van der Waals surface area contributed by atoms with Gasteiger partial charge in [0, 0.05) is 37.7 Å². The molecule has 6 heteroatoms. The van der Waals surface area contributed by atoms with E-state index in [0.29, 0.717) is 18.8 Å². The number of nitrogens with zero attached hydrogens (tertiary/aromatic N) is 3. The van der Waals surface area contributed by atoms with E-state index in [-0.39, 0.29) is 5.97 Å². The standard InChI is InChI=1S/C26H32N4O2/c1-5-6-13-30(16-22-9-12-24(18(2)14-22)32-20(4)31)26-19(3)25(28-17-29-26)23-10-7-21(15-27)8-11-23/h7-12,14,17H,5-6,13,15-16,27H2,1-4H3. The Hall–Kier alpha value is -3.25. The minimum atomic E-state index is -0.311. The summed E-state index contributed by atoms with van der Waals surface area (Å²) in [6, 6.07) is 14.1. The number of aromatic nitrogens is 2. The third-order valence-electron chi connectivity index (χ3n) is 5.47. The number of benzene rings is 2. The van der Waals surface area contributed by atoms with Crippen LogP contribution in [0.3, 0.4) is 0 Å². The Labute approximate surface area is 190 Å². The van der Waals surface area contributed by atoms with Crippen molar-refractivity contribution in [3.8, 4) is 17.0 Å². The minimum absolute atomic E-state index is 0.311. The first-order valence-corrected chi connectivity index (χ1v) is 11.1. The highest BCUT2D eigenvalue weighted by atomic mass is 16.5. The molecule has 32 heavy (non-hydrogen) atoms. The zero-order valence-corrected chi connectivity index (χ0v) is 19.4. The molecule has 2 aromatic carbocycles. The van der Waals surface area contributed by atoms with Gasteiger partial charge in [0.1, 0.15) is 17.9 Å². The first-order chi connectivity index (χ1) is 15.4. The van der Waals surface area contributed by atoms with Crippen molar-refractivity contribution in [1.29, 1.82) is 0 Å². The highest BCUT2D eigenvalue weighted by molar-refractivity contribution is 5.70. The van der Waals surface area contributed by atoms with Crippen LogP contribution in [0.2, 0.25) is 0 Å². The second-order valence-corrected chi connectivity index (χ2v) is 8.04. The Kier molecular flexibility index (Phi) is 7.95. The molecule has 0 saturated carbocycles. The molecule has 1 aromatic heterocycles. The van der Waals surface area contributed by atoms with Gasteiger partial charge in [0.15, 0.2) is 0 Å². The molecule has 3 rings (SSSR count). The lowest BCUT2D eigenvalue weighted by Gasteiger charge is -2.26. The first-order valence-electron chi connectivity index (χ1n) is 11.1. The van der Waals surface area contributed by atoms with Crippen LogP contribution in [0.15, 0.2) is 48.8 Å². The molecule has 0 unspecified atom stereocenters. The molecule has 0 aliphatic carbocycles. The highest BCUT2D eigenvalue weighted by Crippen LogP contribution is 2.29. The van der Waals surface area contributed by atoms with Crippen LogP contribution in [0.25, 0.3) is 11.3 Å². The van der Waals surface area contributed by atoms with E-state index in [9.17, 15) is 4.79 Å². The van der Waals surface area contributed by atoms with Crippen molar-refractivity contribution in [3.05, 3.63) is 71.0 Å². The van der Waals surface area contributed by atoms with Gasteiger partial charge in [0.05, 0.1) is 5.69 Å². The van der Waals surface area contributed by atoms with Crippen molar-refractivity contribution < 1.29 is 9.53 Å². The third kappa shape index (κ3) is 5.71. The topological polar surface area (TPSA) is 81.3 Å². The molecule has 0 fully saturated rings. The molecule has 0 radical (unpaired) electrons. The van der Waals surface area contributed by atoms with Crippen molar-refractivity contribution in [2.45, 2.75) is 53.6 Å². The molecule has 1 heterocycles. The maximum atomic E-state index is 11.3. The molecule has 168 valence electrons. The Morgan fingerprint density at radius 2 is 1.78 bits per heavy atom. The van der Waals surface area contributed by atoms with Crippen molar-refractivity contribution in [2.75, 3.05) is 11.4 Å². The van der Waals surface area contributed by atoms with Gasteiger partial charge in [0.25, 0.3) is 0 Å². The van der Waals surface area contributed by atoms with E-state index < -0.39 is 0 Å². The summed E-state index contributed by atoms with van der Waals surface area (Å²) in [6.07, 6.45) is 3.80. The lowest BCUT2D eigenvalue weighted by molar-refractivity contribution is -0.131. The predicted molar refractivity (Wildman–Crippen MR) is 129 cm³/mol. The number of hydrogen-bond acceptors (Lipinski definition) is 6. The number of rotatable bonds is 9. The van der Waals surface area contributed by atoms with Crippen LogP contribution >= 0.6 is 0 Å². The number of hydrogen-bond donors (Lipinski definition) is 1. The number of carbonyl (C=O) groups excluding carboxylic acids is 1. The number of unbranched alkanes of at least 4 members (excludes halogenated alkanes) is 1. The smallest absolute Gasteiger partial charge is 0.308 e. The largest absolute Gasteiger partial charge is 0.426 e. The Balaban J connectivity index is 1.92. The summed E-state index contributed by atoms with van der Waals surface area (Å²) in [5.74, 6) is 1.23. The number of esters is 1. The fraction of sp³-hybridized carbons (Fsp3) is 0.346. The maximum Gasteiger partial charge on any atom is 0.308 e. The summed E-state index contributed by atoms with van der Waals surface area (Å²) in [6.45, 7) is 9.77. The zero-order chi connectivity index (χ0) is 23.1. The van der Waals surface area contributed by atoms with Gasteiger partial charge < -0.3 is 15.4 Å². The van der Waals surface area contributed by atoms with E-state index in [0.717, 1.165) is 58.7 Å². The molecular weight excluding hydrogens is 400 g/mol. The lowest BCUT2D eigenvalue weighted by Crippen LogP contribution is -2.26. The Bertz CT molecular complexity index is 1060. The maximum absolute atomic E-state index is 11.3. The van der Waals surface area contributed by atoms with E-state index >= 15 is 0 Å². The summed E-state index contributed by atoms with van der Waals surface area (Å²) in [7, 11) is 0. The van der Waals surface area contributed by atoms with Crippen LogP contribution in [0, 0.1) is 13.8 Å². The second-order valence-electron chi connectivity index (χ2n) is 8.04. The van der Waals surface area contributed by atoms with Gasteiger partial charge in [-0.15, -0.1) is 0 Å². The van der Waals surface area contributed by atoms with Crippen molar-refractivity contribution in [1.82, 2.24) is 9.97 Å². The van der Waals surface area contributed by atoms with E-state index in [1.807, 2.05) is 31.2 Å². The van der Waals surface area contributed by atoms with Gasteiger partial charge in [-0.2, -0.15) is 0 Å². The number of carbonyl (C=O) groups is 1. The van der Waals surface area contributed by atoms with Gasteiger partial charge in [0.2, 0.25) is 0 Å². The number of anilines is 1. The SMILES string of the molecule is CCCCN(Cc1ccc(OC(C)=O)c(C)c1)c1ncnc(-c2ccc(CN)cc2)c1C. The van der Waals surface area contributed by atoms with Gasteiger partial charge in [-0.05, 0) is 43.0 Å². The van der Waals surface area contributed by atoms with Crippen molar-refractivity contribution >= 4 is 11.8 Å². The molecule has 0 amide bonds. The molecule has 0 bridgehead atoms. The van der Waals surface area contributed by atoms with Gasteiger partial charge in [-0.1, -0.05) is 49.7 Å². The molecular formula is C26H32N4O2. The van der Waals surface area contributed by atoms with E-state index in [1.54, 1.807) is 6.33 Å². The summed E-state index contributed by atoms with van der Waals surface area (Å²) in [5.41, 5.74) is 12.0. The summed E-state index contributed by atoms with van der Waals surface area (Å²) >= 11 is 0. The summed E-state index contributed by atoms with van der Waals surface area (Å²) in [5, 5.41) is 0. The van der Waals surface area contributed by atoms with E-state index in [2.05, 4.69) is 46.9 Å². The quantitative estimate of drug-likeness (QED) is 0.381. The van der Waals surface area contributed by atoms with Gasteiger partial charge in [-0.25, -0.2) is 9.97 Å². The lowest BCUT2D eigenvalue weighted by atomic mass is 10.0. The first kappa shape index (κ1) is 23.4. The molecule has 0 saturated heterocycles. The number of nitrogens with two attached hydrogens (primary N) is 1. The minimum Gasteiger partial charge on any atom is -0.426 e. The van der Waals surface area contributed by atoms with Crippen molar-refractivity contribution in [3.63, 3.8) is 0 Å². The van der Waals surface area contributed by atoms with Crippen LogP contribution in [-0.2, 0) is 17.9 Å². The highest BCUT2D eigenvalue weighted by Gasteiger charge is 2.16. The third-order valence-corrected chi connectivity index (χ3v) is 5.47. The van der Waals surface area contributed by atoms with E-state index in [4.69, 9.17) is 10.5 Å². The Morgan fingerprint density at radius 3 is 2.41 bits per heavy atom. The molecule has 0 spiro atoms. The molecule has 0 aliphatic heterocycles. The average molecular weight is 433 g/mol. The predicted octanol–water partition coefficient (Wildman–Crippen LogP) is 4.95. The summed E-state index contributed by atoms with van der Waals surface area (Å²) in [4.78, 5) is 22.8. The fourth-order valence-electron chi connectivity index (χ4n) is 3.76. The van der Waals surface area contributed by atoms with Gasteiger partial charge in [-0.3, -0.25) is 4.79 Å². The molecule has 0 atom stereocenters. The Morgan fingerprint density at radius 1 is 1.06 bits per heavy atom. The average Bonchev–Trinajstić information content (AvgIpc) is 2.78. The normalized spacial score (nSPS) is 10.8. The second kappa shape index (κ2) is 10.9. The fourth-order valence-corrected chi connectivity index (χ4v) is 3.76. The van der Waals surface area contributed by atoms with Gasteiger partial charge >= 0.3 is 5.97 Å². The van der Waals surface area contributed by atoms with Crippen LogP contribution in [-0.4, -0.2) is 22.5 Å². The summed E-state index contributed by atoms with van der Waals surface area (Å²) < 4.78 is 5.27. The molecule has 0 aliphatic rings. The molecule has 6 nitrogen and oxygen atoms in total. The molecule has 2 N–H and O–H groups in total.